The number of aromatic nitrogens is 1. The van der Waals surface area contributed by atoms with E-state index in [0.29, 0.717) is 16.2 Å². The van der Waals surface area contributed by atoms with E-state index in [4.69, 9.17) is 4.74 Å². The van der Waals surface area contributed by atoms with E-state index in [1.807, 2.05) is 30.3 Å². The summed E-state index contributed by atoms with van der Waals surface area (Å²) >= 11 is 4.72. The minimum Gasteiger partial charge on any atom is -0.431 e. The number of nitrogens with zero attached hydrogens (tertiary/aromatic N) is 1. The SMILES string of the molecule is CC(=O)c1nc(Oc2ccccc2)sc1CBr. The largest absolute Gasteiger partial charge is 0.431 e. The summed E-state index contributed by atoms with van der Waals surface area (Å²) in [6, 6.07) is 9.39. The van der Waals surface area contributed by atoms with Crippen molar-refractivity contribution in [2.24, 2.45) is 0 Å². The van der Waals surface area contributed by atoms with Crippen LogP contribution in [0.25, 0.3) is 0 Å². The molecule has 88 valence electrons. The van der Waals surface area contributed by atoms with E-state index in [0.717, 1.165) is 10.6 Å². The highest BCUT2D eigenvalue weighted by atomic mass is 79.9. The molecule has 0 atom stereocenters. The molecule has 0 aliphatic carbocycles. The van der Waals surface area contributed by atoms with Crippen LogP contribution >= 0.6 is 27.3 Å². The molecule has 0 bridgehead atoms. The van der Waals surface area contributed by atoms with Gasteiger partial charge in [-0.15, -0.1) is 0 Å². The number of benzene rings is 1. The number of Topliss-reactive ketones (excluding diaryl/α,β-unsaturated/α-hetero) is 1. The average molecular weight is 312 g/mol. The maximum Gasteiger partial charge on any atom is 0.279 e. The average Bonchev–Trinajstić information content (AvgIpc) is 2.73. The summed E-state index contributed by atoms with van der Waals surface area (Å²) < 4.78 is 5.59. The highest BCUT2D eigenvalue weighted by Gasteiger charge is 2.15. The van der Waals surface area contributed by atoms with E-state index >= 15 is 0 Å². The number of rotatable bonds is 4. The molecule has 0 N–H and O–H groups in total. The number of hydrogen-bond donors (Lipinski definition) is 0. The second-order valence-corrected chi connectivity index (χ2v) is 4.96. The summed E-state index contributed by atoms with van der Waals surface area (Å²) in [5.41, 5.74) is 0.484. The monoisotopic (exact) mass is 311 g/mol. The zero-order chi connectivity index (χ0) is 12.3. The minimum atomic E-state index is -0.0430. The molecule has 1 aromatic heterocycles. The Balaban J connectivity index is 2.26. The van der Waals surface area contributed by atoms with Gasteiger partial charge >= 0.3 is 0 Å². The topological polar surface area (TPSA) is 39.2 Å². The number of ether oxygens (including phenoxy) is 1. The van der Waals surface area contributed by atoms with Crippen LogP contribution in [0.4, 0.5) is 0 Å². The Morgan fingerprint density at radius 1 is 1.41 bits per heavy atom. The number of carbonyl (C=O) groups is 1. The van der Waals surface area contributed by atoms with E-state index in [1.54, 1.807) is 0 Å². The van der Waals surface area contributed by atoms with Crippen LogP contribution in [0.5, 0.6) is 10.9 Å². The van der Waals surface area contributed by atoms with Gasteiger partial charge in [-0.1, -0.05) is 45.5 Å². The first-order valence-electron chi connectivity index (χ1n) is 5.00. The molecular weight excluding hydrogens is 302 g/mol. The van der Waals surface area contributed by atoms with Crippen molar-refractivity contribution in [3.8, 4) is 10.9 Å². The first kappa shape index (κ1) is 12.3. The van der Waals surface area contributed by atoms with E-state index in [-0.39, 0.29) is 5.78 Å². The van der Waals surface area contributed by atoms with Crippen molar-refractivity contribution in [3.05, 3.63) is 40.9 Å². The third kappa shape index (κ3) is 2.92. The lowest BCUT2D eigenvalue weighted by Crippen LogP contribution is -1.95. The maximum atomic E-state index is 11.4. The van der Waals surface area contributed by atoms with Gasteiger partial charge in [-0.25, -0.2) is 0 Å². The third-order valence-electron chi connectivity index (χ3n) is 2.08. The second-order valence-electron chi connectivity index (χ2n) is 3.36. The summed E-state index contributed by atoms with van der Waals surface area (Å²) in [5.74, 6) is 0.677. The molecule has 0 spiro atoms. The van der Waals surface area contributed by atoms with Crippen molar-refractivity contribution in [3.63, 3.8) is 0 Å². The standard InChI is InChI=1S/C12H10BrNO2S/c1-8(15)11-10(7-13)17-12(14-11)16-9-5-3-2-4-6-9/h2-6H,7H2,1H3. The van der Waals surface area contributed by atoms with Gasteiger partial charge in [0.1, 0.15) is 11.4 Å². The maximum absolute atomic E-state index is 11.4. The number of alkyl halides is 1. The molecular formula is C12H10BrNO2S. The first-order chi connectivity index (χ1) is 8.20. The van der Waals surface area contributed by atoms with Crippen molar-refractivity contribution >= 4 is 33.0 Å². The van der Waals surface area contributed by atoms with Gasteiger partial charge in [-0.3, -0.25) is 4.79 Å². The molecule has 0 amide bonds. The highest BCUT2D eigenvalue weighted by Crippen LogP contribution is 2.30. The lowest BCUT2D eigenvalue weighted by molar-refractivity contribution is 0.101. The summed E-state index contributed by atoms with van der Waals surface area (Å²) in [4.78, 5) is 16.4. The van der Waals surface area contributed by atoms with Gasteiger partial charge in [0, 0.05) is 17.1 Å². The van der Waals surface area contributed by atoms with Crippen molar-refractivity contribution in [1.82, 2.24) is 4.98 Å². The quantitative estimate of drug-likeness (QED) is 0.632. The highest BCUT2D eigenvalue weighted by molar-refractivity contribution is 9.08. The van der Waals surface area contributed by atoms with Crippen molar-refractivity contribution in [2.75, 3.05) is 0 Å². The summed E-state index contributed by atoms with van der Waals surface area (Å²) in [7, 11) is 0. The van der Waals surface area contributed by atoms with Gasteiger partial charge < -0.3 is 4.74 Å². The fourth-order valence-electron chi connectivity index (χ4n) is 1.33. The molecule has 2 rings (SSSR count). The second kappa shape index (κ2) is 5.42. The predicted molar refractivity (Wildman–Crippen MR) is 71.3 cm³/mol. The minimum absolute atomic E-state index is 0.0430. The third-order valence-corrected chi connectivity index (χ3v) is 3.95. The number of hydrogen-bond acceptors (Lipinski definition) is 4. The Hall–Kier alpha value is -1.20. The molecule has 0 aliphatic heterocycles. The molecule has 0 fully saturated rings. The predicted octanol–water partition coefficient (Wildman–Crippen LogP) is 4.03. The lowest BCUT2D eigenvalue weighted by atomic mass is 10.3. The molecule has 0 saturated carbocycles. The van der Waals surface area contributed by atoms with Crippen molar-refractivity contribution < 1.29 is 9.53 Å². The molecule has 2 aromatic rings. The van der Waals surface area contributed by atoms with Crippen LogP contribution < -0.4 is 4.74 Å². The Morgan fingerprint density at radius 2 is 2.12 bits per heavy atom. The molecule has 17 heavy (non-hydrogen) atoms. The molecule has 3 nitrogen and oxygen atoms in total. The molecule has 1 heterocycles. The van der Waals surface area contributed by atoms with Crippen LogP contribution in [-0.4, -0.2) is 10.8 Å². The Kier molecular flexibility index (Phi) is 3.91. The number of carbonyl (C=O) groups excluding carboxylic acids is 1. The summed E-state index contributed by atoms with van der Waals surface area (Å²) in [6.07, 6.45) is 0. The fraction of sp³-hybridized carbons (Fsp3) is 0.167. The molecule has 1 aromatic carbocycles. The van der Waals surface area contributed by atoms with Crippen LogP contribution in [0.3, 0.4) is 0 Å². The summed E-state index contributed by atoms with van der Waals surface area (Å²) in [5, 5.41) is 1.11. The van der Waals surface area contributed by atoms with E-state index in [2.05, 4.69) is 20.9 Å². The van der Waals surface area contributed by atoms with Crippen LogP contribution in [0.15, 0.2) is 30.3 Å². The van der Waals surface area contributed by atoms with Gasteiger partial charge in [-0.2, -0.15) is 4.98 Å². The number of thiazole rings is 1. The fourth-order valence-corrected chi connectivity index (χ4v) is 2.76. The van der Waals surface area contributed by atoms with E-state index < -0.39 is 0 Å². The number of halogens is 1. The molecule has 0 saturated heterocycles. The smallest absolute Gasteiger partial charge is 0.279 e. The van der Waals surface area contributed by atoms with Gasteiger partial charge in [-0.05, 0) is 12.1 Å². The molecule has 0 unspecified atom stereocenters. The molecule has 0 radical (unpaired) electrons. The normalized spacial score (nSPS) is 10.2. The zero-order valence-electron chi connectivity index (χ0n) is 9.14. The van der Waals surface area contributed by atoms with Crippen LogP contribution in [0.2, 0.25) is 0 Å². The Morgan fingerprint density at radius 3 is 2.65 bits per heavy atom. The lowest BCUT2D eigenvalue weighted by Gasteiger charge is -1.99. The summed E-state index contributed by atoms with van der Waals surface area (Å²) in [6.45, 7) is 1.51. The van der Waals surface area contributed by atoms with Crippen LogP contribution in [0.1, 0.15) is 22.3 Å². The van der Waals surface area contributed by atoms with Gasteiger partial charge in [0.05, 0.1) is 0 Å². The van der Waals surface area contributed by atoms with Crippen molar-refractivity contribution in [2.45, 2.75) is 12.3 Å². The van der Waals surface area contributed by atoms with Crippen molar-refractivity contribution in [1.29, 1.82) is 0 Å². The van der Waals surface area contributed by atoms with Crippen LogP contribution in [-0.2, 0) is 5.33 Å². The number of para-hydroxylation sites is 1. The van der Waals surface area contributed by atoms with Gasteiger partial charge in [0.25, 0.3) is 5.19 Å². The Bertz CT molecular complexity index is 525. The molecule has 0 aliphatic rings. The van der Waals surface area contributed by atoms with E-state index in [1.165, 1.54) is 18.3 Å². The Labute approximate surface area is 112 Å². The van der Waals surface area contributed by atoms with E-state index in [9.17, 15) is 4.79 Å². The van der Waals surface area contributed by atoms with Crippen LogP contribution in [0, 0.1) is 0 Å². The zero-order valence-corrected chi connectivity index (χ0v) is 11.5. The number of ketones is 1. The van der Waals surface area contributed by atoms with Gasteiger partial charge in [0.2, 0.25) is 0 Å². The molecule has 5 heteroatoms. The van der Waals surface area contributed by atoms with Gasteiger partial charge in [0.15, 0.2) is 5.78 Å². The first-order valence-corrected chi connectivity index (χ1v) is 6.94.